The van der Waals surface area contributed by atoms with Crippen molar-refractivity contribution in [1.82, 2.24) is 15.5 Å². The highest BCUT2D eigenvalue weighted by molar-refractivity contribution is 9.09. The van der Waals surface area contributed by atoms with E-state index in [1.54, 1.807) is 27.0 Å². The number of ether oxygens (including phenoxy) is 1. The standard InChI is InChI=1S/C11H16BrN3O2/c1-7-4-10(8(2)15-14-7)11(16)13-5-9(12)6-17-3/h4,9H,5-6H2,1-3H3,(H,13,16). The second kappa shape index (κ2) is 6.66. The topological polar surface area (TPSA) is 64.1 Å². The number of nitrogens with one attached hydrogen (secondary N) is 1. The van der Waals surface area contributed by atoms with E-state index in [-0.39, 0.29) is 10.7 Å². The van der Waals surface area contributed by atoms with Crippen LogP contribution in [0.3, 0.4) is 0 Å². The van der Waals surface area contributed by atoms with Crippen molar-refractivity contribution in [3.8, 4) is 0 Å². The Bertz CT molecular complexity index is 398. The Balaban J connectivity index is 2.61. The molecule has 0 saturated carbocycles. The molecule has 1 aromatic rings. The fourth-order valence-corrected chi connectivity index (χ4v) is 1.74. The summed E-state index contributed by atoms with van der Waals surface area (Å²) in [5, 5.41) is 10.6. The lowest BCUT2D eigenvalue weighted by Crippen LogP contribution is -2.32. The van der Waals surface area contributed by atoms with Gasteiger partial charge in [-0.3, -0.25) is 4.79 Å². The number of hydrogen-bond donors (Lipinski definition) is 1. The van der Waals surface area contributed by atoms with Crippen LogP contribution in [-0.2, 0) is 4.74 Å². The van der Waals surface area contributed by atoms with Gasteiger partial charge < -0.3 is 10.1 Å². The van der Waals surface area contributed by atoms with Gasteiger partial charge in [-0.15, -0.1) is 0 Å². The van der Waals surface area contributed by atoms with Crippen LogP contribution in [-0.4, -0.2) is 41.2 Å². The number of carbonyl (C=O) groups is 1. The monoisotopic (exact) mass is 301 g/mol. The first-order chi connectivity index (χ1) is 8.04. The molecule has 1 atom stereocenters. The van der Waals surface area contributed by atoms with E-state index in [1.807, 2.05) is 0 Å². The number of rotatable bonds is 5. The van der Waals surface area contributed by atoms with Crippen molar-refractivity contribution in [2.24, 2.45) is 0 Å². The summed E-state index contributed by atoms with van der Waals surface area (Å²) < 4.78 is 4.96. The molecule has 0 aliphatic carbocycles. The number of hydrogen-bond acceptors (Lipinski definition) is 4. The van der Waals surface area contributed by atoms with Crippen LogP contribution in [0.5, 0.6) is 0 Å². The van der Waals surface area contributed by atoms with E-state index >= 15 is 0 Å². The maximum atomic E-state index is 11.9. The van der Waals surface area contributed by atoms with Crippen molar-refractivity contribution < 1.29 is 9.53 Å². The highest BCUT2D eigenvalue weighted by atomic mass is 79.9. The summed E-state index contributed by atoms with van der Waals surface area (Å²) in [7, 11) is 1.62. The molecule has 0 fully saturated rings. The van der Waals surface area contributed by atoms with Crippen LogP contribution in [0.1, 0.15) is 21.7 Å². The van der Waals surface area contributed by atoms with E-state index in [2.05, 4.69) is 31.4 Å². The normalized spacial score (nSPS) is 12.2. The maximum Gasteiger partial charge on any atom is 0.253 e. The second-order valence-electron chi connectivity index (χ2n) is 3.75. The van der Waals surface area contributed by atoms with Gasteiger partial charge in [0, 0.05) is 13.7 Å². The predicted octanol–water partition coefficient (Wildman–Crippen LogP) is 1.23. The van der Waals surface area contributed by atoms with E-state index in [0.717, 1.165) is 5.69 Å². The van der Waals surface area contributed by atoms with Gasteiger partial charge >= 0.3 is 0 Å². The molecule has 0 aliphatic rings. The first-order valence-electron chi connectivity index (χ1n) is 5.26. The van der Waals surface area contributed by atoms with Gasteiger partial charge in [-0.2, -0.15) is 10.2 Å². The molecule has 1 unspecified atom stereocenters. The van der Waals surface area contributed by atoms with Crippen molar-refractivity contribution in [2.45, 2.75) is 18.7 Å². The van der Waals surface area contributed by atoms with Crippen molar-refractivity contribution in [1.29, 1.82) is 0 Å². The third-order valence-electron chi connectivity index (χ3n) is 2.18. The third kappa shape index (κ3) is 4.40. The number of nitrogens with zero attached hydrogens (tertiary/aromatic N) is 2. The van der Waals surface area contributed by atoms with Gasteiger partial charge in [0.25, 0.3) is 5.91 Å². The van der Waals surface area contributed by atoms with Crippen molar-refractivity contribution in [2.75, 3.05) is 20.3 Å². The fourth-order valence-electron chi connectivity index (χ4n) is 1.32. The predicted molar refractivity (Wildman–Crippen MR) is 68.4 cm³/mol. The van der Waals surface area contributed by atoms with Gasteiger partial charge in [0.1, 0.15) is 0 Å². The number of carbonyl (C=O) groups excluding carboxylic acids is 1. The number of methoxy groups -OCH3 is 1. The average molecular weight is 302 g/mol. The smallest absolute Gasteiger partial charge is 0.253 e. The number of amides is 1. The highest BCUT2D eigenvalue weighted by Gasteiger charge is 2.12. The summed E-state index contributed by atoms with van der Waals surface area (Å²) in [4.78, 5) is 12.0. The van der Waals surface area contributed by atoms with Gasteiger partial charge in [0.2, 0.25) is 0 Å². The summed E-state index contributed by atoms with van der Waals surface area (Å²) in [5.74, 6) is -0.138. The molecule has 17 heavy (non-hydrogen) atoms. The van der Waals surface area contributed by atoms with Crippen LogP contribution >= 0.6 is 15.9 Å². The van der Waals surface area contributed by atoms with Gasteiger partial charge in [-0.05, 0) is 19.9 Å². The molecule has 0 bridgehead atoms. The summed E-state index contributed by atoms with van der Waals surface area (Å²) in [6.45, 7) is 4.63. The Hall–Kier alpha value is -1.01. The van der Waals surface area contributed by atoms with Gasteiger partial charge in [-0.25, -0.2) is 0 Å². The Labute approximate surface area is 109 Å². The molecular weight excluding hydrogens is 286 g/mol. The molecule has 5 nitrogen and oxygen atoms in total. The lowest BCUT2D eigenvalue weighted by molar-refractivity contribution is 0.0948. The molecule has 6 heteroatoms. The Kier molecular flexibility index (Phi) is 5.50. The van der Waals surface area contributed by atoms with Crippen LogP contribution in [0, 0.1) is 13.8 Å². The van der Waals surface area contributed by atoms with Crippen LogP contribution in [0.4, 0.5) is 0 Å². The van der Waals surface area contributed by atoms with Crippen LogP contribution in [0.25, 0.3) is 0 Å². The second-order valence-corrected chi connectivity index (χ2v) is 5.04. The van der Waals surface area contributed by atoms with Crippen molar-refractivity contribution in [3.63, 3.8) is 0 Å². The Morgan fingerprint density at radius 2 is 2.24 bits per heavy atom. The first kappa shape index (κ1) is 14.1. The molecule has 0 spiro atoms. The summed E-state index contributed by atoms with van der Waals surface area (Å²) in [5.41, 5.74) is 1.92. The molecule has 1 rings (SSSR count). The van der Waals surface area contributed by atoms with E-state index < -0.39 is 0 Å². The lowest BCUT2D eigenvalue weighted by atomic mass is 10.2. The van der Waals surface area contributed by atoms with E-state index in [1.165, 1.54) is 0 Å². The molecule has 1 N–H and O–H groups in total. The molecule has 0 aliphatic heterocycles. The van der Waals surface area contributed by atoms with E-state index in [9.17, 15) is 4.79 Å². The quantitative estimate of drug-likeness (QED) is 0.831. The van der Waals surface area contributed by atoms with Gasteiger partial charge in [-0.1, -0.05) is 15.9 Å². The third-order valence-corrected chi connectivity index (χ3v) is 2.77. The number of aryl methyl sites for hydroxylation is 2. The maximum absolute atomic E-state index is 11.9. The van der Waals surface area contributed by atoms with E-state index in [0.29, 0.717) is 24.4 Å². The van der Waals surface area contributed by atoms with Crippen LogP contribution < -0.4 is 5.32 Å². The average Bonchev–Trinajstić information content (AvgIpc) is 2.29. The number of alkyl halides is 1. The molecule has 0 saturated heterocycles. The largest absolute Gasteiger partial charge is 0.383 e. The van der Waals surface area contributed by atoms with Crippen molar-refractivity contribution in [3.05, 3.63) is 23.0 Å². The lowest BCUT2D eigenvalue weighted by Gasteiger charge is -2.11. The molecule has 0 aromatic carbocycles. The summed E-state index contributed by atoms with van der Waals surface area (Å²) in [6, 6.07) is 1.73. The zero-order valence-corrected chi connectivity index (χ0v) is 11.7. The SMILES string of the molecule is COCC(Br)CNC(=O)c1cc(C)nnc1C. The molecule has 1 heterocycles. The molecule has 94 valence electrons. The molecule has 0 radical (unpaired) electrons. The first-order valence-corrected chi connectivity index (χ1v) is 6.18. The number of aromatic nitrogens is 2. The Morgan fingerprint density at radius 1 is 1.53 bits per heavy atom. The molecule has 1 aromatic heterocycles. The Morgan fingerprint density at radius 3 is 2.88 bits per heavy atom. The minimum Gasteiger partial charge on any atom is -0.383 e. The minimum atomic E-state index is -0.138. The zero-order chi connectivity index (χ0) is 12.8. The molecule has 1 amide bonds. The zero-order valence-electron chi connectivity index (χ0n) is 10.2. The summed E-state index contributed by atoms with van der Waals surface area (Å²) in [6.07, 6.45) is 0. The minimum absolute atomic E-state index is 0.104. The van der Waals surface area contributed by atoms with E-state index in [4.69, 9.17) is 4.74 Å². The highest BCUT2D eigenvalue weighted by Crippen LogP contribution is 2.05. The van der Waals surface area contributed by atoms with Crippen molar-refractivity contribution >= 4 is 21.8 Å². The van der Waals surface area contributed by atoms with Crippen LogP contribution in [0.15, 0.2) is 6.07 Å². The summed E-state index contributed by atoms with van der Waals surface area (Å²) >= 11 is 3.40. The van der Waals surface area contributed by atoms with Gasteiger partial charge in [0.05, 0.1) is 28.4 Å². The molecular formula is C11H16BrN3O2. The fraction of sp³-hybridized carbons (Fsp3) is 0.545. The van der Waals surface area contributed by atoms with Gasteiger partial charge in [0.15, 0.2) is 0 Å². The van der Waals surface area contributed by atoms with Crippen LogP contribution in [0.2, 0.25) is 0 Å². The number of halogens is 1.